The van der Waals surface area contributed by atoms with Crippen LogP contribution in [0.5, 0.6) is 5.75 Å². The van der Waals surface area contributed by atoms with Crippen LogP contribution in [-0.4, -0.2) is 19.6 Å². The Balaban J connectivity index is 2.04. The Morgan fingerprint density at radius 1 is 1.29 bits per heavy atom. The molecule has 4 nitrogen and oxygen atoms in total. The second-order valence-electron chi connectivity index (χ2n) is 4.57. The van der Waals surface area contributed by atoms with Crippen LogP contribution in [0.4, 0.5) is 0 Å². The van der Waals surface area contributed by atoms with Gasteiger partial charge in [0.25, 0.3) is 5.91 Å². The molecular weight excluding hydrogens is 288 g/mol. The zero-order valence-corrected chi connectivity index (χ0v) is 12.4. The number of methoxy groups -OCH3 is 1. The van der Waals surface area contributed by atoms with Gasteiger partial charge in [0.2, 0.25) is 0 Å². The van der Waals surface area contributed by atoms with Gasteiger partial charge in [-0.05, 0) is 23.8 Å². The van der Waals surface area contributed by atoms with Crippen molar-refractivity contribution in [2.24, 2.45) is 5.73 Å². The largest absolute Gasteiger partial charge is 0.496 e. The third-order valence-corrected chi connectivity index (χ3v) is 3.35. The van der Waals surface area contributed by atoms with E-state index >= 15 is 0 Å². The zero-order chi connectivity index (χ0) is 15.2. The van der Waals surface area contributed by atoms with Crippen LogP contribution in [0.2, 0.25) is 5.02 Å². The lowest BCUT2D eigenvalue weighted by molar-refractivity contribution is 0.0948. The highest BCUT2D eigenvalue weighted by atomic mass is 35.5. The third kappa shape index (κ3) is 3.97. The first-order valence-corrected chi connectivity index (χ1v) is 6.92. The van der Waals surface area contributed by atoms with E-state index < -0.39 is 0 Å². The van der Waals surface area contributed by atoms with E-state index in [1.807, 2.05) is 30.3 Å². The van der Waals surface area contributed by atoms with Crippen molar-refractivity contribution < 1.29 is 9.53 Å². The molecular formula is C16H17ClN2O2. The molecule has 2 aromatic carbocycles. The predicted molar refractivity (Wildman–Crippen MR) is 83.7 cm³/mol. The molecule has 0 spiro atoms. The second-order valence-corrected chi connectivity index (χ2v) is 5.01. The monoisotopic (exact) mass is 304 g/mol. The Bertz CT molecular complexity index is 617. The van der Waals surface area contributed by atoms with E-state index in [0.717, 1.165) is 5.56 Å². The van der Waals surface area contributed by atoms with Gasteiger partial charge in [0.1, 0.15) is 5.75 Å². The molecule has 1 atom stereocenters. The molecule has 0 fully saturated rings. The van der Waals surface area contributed by atoms with Crippen molar-refractivity contribution in [3.05, 3.63) is 64.7 Å². The number of ether oxygens (including phenoxy) is 1. The first-order valence-electron chi connectivity index (χ1n) is 6.54. The van der Waals surface area contributed by atoms with Crippen molar-refractivity contribution in [1.82, 2.24) is 5.32 Å². The minimum Gasteiger partial charge on any atom is -0.496 e. The summed E-state index contributed by atoms with van der Waals surface area (Å²) in [6, 6.07) is 14.2. The molecule has 3 N–H and O–H groups in total. The van der Waals surface area contributed by atoms with Gasteiger partial charge >= 0.3 is 0 Å². The van der Waals surface area contributed by atoms with Crippen LogP contribution in [0, 0.1) is 0 Å². The maximum Gasteiger partial charge on any atom is 0.255 e. The van der Waals surface area contributed by atoms with Crippen LogP contribution < -0.4 is 15.8 Å². The van der Waals surface area contributed by atoms with Gasteiger partial charge in [-0.2, -0.15) is 0 Å². The van der Waals surface area contributed by atoms with Crippen molar-refractivity contribution in [2.75, 3.05) is 13.7 Å². The average Bonchev–Trinajstić information content (AvgIpc) is 2.53. The molecule has 0 saturated heterocycles. The maximum absolute atomic E-state index is 12.2. The van der Waals surface area contributed by atoms with Crippen LogP contribution in [-0.2, 0) is 0 Å². The number of carbonyl (C=O) groups is 1. The van der Waals surface area contributed by atoms with Crippen LogP contribution in [0.1, 0.15) is 22.0 Å². The zero-order valence-electron chi connectivity index (χ0n) is 11.7. The van der Waals surface area contributed by atoms with E-state index in [9.17, 15) is 4.79 Å². The fourth-order valence-corrected chi connectivity index (χ4v) is 2.15. The minimum absolute atomic E-state index is 0.263. The molecule has 0 aromatic heterocycles. The maximum atomic E-state index is 12.2. The molecule has 0 saturated carbocycles. The van der Waals surface area contributed by atoms with Gasteiger partial charge in [-0.15, -0.1) is 0 Å². The van der Waals surface area contributed by atoms with E-state index in [1.54, 1.807) is 18.2 Å². The summed E-state index contributed by atoms with van der Waals surface area (Å²) in [7, 11) is 1.51. The van der Waals surface area contributed by atoms with E-state index in [2.05, 4.69) is 5.32 Å². The van der Waals surface area contributed by atoms with Crippen molar-refractivity contribution in [1.29, 1.82) is 0 Å². The number of nitrogens with two attached hydrogens (primary N) is 1. The Labute approximate surface area is 128 Å². The Kier molecular flexibility index (Phi) is 5.20. The average molecular weight is 305 g/mol. The van der Waals surface area contributed by atoms with Gasteiger partial charge < -0.3 is 15.8 Å². The molecule has 0 heterocycles. The molecule has 1 unspecified atom stereocenters. The van der Waals surface area contributed by atoms with Crippen LogP contribution in [0.3, 0.4) is 0 Å². The van der Waals surface area contributed by atoms with Crippen LogP contribution >= 0.6 is 11.6 Å². The topological polar surface area (TPSA) is 64.3 Å². The summed E-state index contributed by atoms with van der Waals surface area (Å²) in [4.78, 5) is 12.2. The van der Waals surface area contributed by atoms with Crippen molar-refractivity contribution >= 4 is 17.5 Å². The lowest BCUT2D eigenvalue weighted by Crippen LogP contribution is -2.32. The smallest absolute Gasteiger partial charge is 0.255 e. The minimum atomic E-state index is -0.264. The third-order valence-electron chi connectivity index (χ3n) is 3.12. The molecule has 5 heteroatoms. The fraction of sp³-hybridized carbons (Fsp3) is 0.188. The van der Waals surface area contributed by atoms with Crippen molar-refractivity contribution in [2.45, 2.75) is 6.04 Å². The van der Waals surface area contributed by atoms with Gasteiger partial charge in [-0.1, -0.05) is 41.9 Å². The van der Waals surface area contributed by atoms with Gasteiger partial charge in [-0.3, -0.25) is 4.79 Å². The van der Waals surface area contributed by atoms with Crippen LogP contribution in [0.15, 0.2) is 48.5 Å². The first kappa shape index (κ1) is 15.4. The number of hydrogen-bond acceptors (Lipinski definition) is 3. The van der Waals surface area contributed by atoms with Gasteiger partial charge in [0.05, 0.1) is 12.7 Å². The first-order chi connectivity index (χ1) is 10.1. The van der Waals surface area contributed by atoms with Gasteiger partial charge in [0.15, 0.2) is 0 Å². The highest BCUT2D eigenvalue weighted by Gasteiger charge is 2.14. The second kappa shape index (κ2) is 7.11. The highest BCUT2D eigenvalue weighted by Crippen LogP contribution is 2.22. The summed E-state index contributed by atoms with van der Waals surface area (Å²) in [5.74, 6) is 0.214. The molecule has 0 aliphatic heterocycles. The summed E-state index contributed by atoms with van der Waals surface area (Å²) in [6.07, 6.45) is 0. The van der Waals surface area contributed by atoms with Gasteiger partial charge in [-0.25, -0.2) is 0 Å². The molecule has 0 aliphatic rings. The fourth-order valence-electron chi connectivity index (χ4n) is 1.97. The Morgan fingerprint density at radius 2 is 2.00 bits per heavy atom. The van der Waals surface area contributed by atoms with Gasteiger partial charge in [0, 0.05) is 17.6 Å². The molecule has 1 amide bonds. The molecule has 21 heavy (non-hydrogen) atoms. The molecule has 0 aliphatic carbocycles. The summed E-state index contributed by atoms with van der Waals surface area (Å²) in [5.41, 5.74) is 7.41. The highest BCUT2D eigenvalue weighted by molar-refractivity contribution is 6.31. The lowest BCUT2D eigenvalue weighted by atomic mass is 10.1. The van der Waals surface area contributed by atoms with Crippen molar-refractivity contribution in [3.8, 4) is 5.75 Å². The summed E-state index contributed by atoms with van der Waals surface area (Å²) >= 11 is 5.92. The molecule has 0 radical (unpaired) electrons. The van der Waals surface area contributed by atoms with E-state index in [-0.39, 0.29) is 11.9 Å². The molecule has 2 aromatic rings. The lowest BCUT2D eigenvalue weighted by Gasteiger charge is -2.14. The number of amides is 1. The Hall–Kier alpha value is -2.04. The quantitative estimate of drug-likeness (QED) is 0.893. The standard InChI is InChI=1S/C16H17ClN2O2/c1-21-15-8-7-12(17)9-13(15)16(20)19-10-14(18)11-5-3-2-4-6-11/h2-9,14H,10,18H2,1H3,(H,19,20). The summed E-state index contributed by atoms with van der Waals surface area (Å²) < 4.78 is 5.16. The number of carbonyl (C=O) groups excluding carboxylic acids is 1. The summed E-state index contributed by atoms with van der Waals surface area (Å²) in [5, 5.41) is 3.28. The summed E-state index contributed by atoms with van der Waals surface area (Å²) in [6.45, 7) is 0.332. The number of benzene rings is 2. The molecule has 110 valence electrons. The van der Waals surface area contributed by atoms with E-state index in [0.29, 0.717) is 22.9 Å². The SMILES string of the molecule is COc1ccc(Cl)cc1C(=O)NCC(N)c1ccccc1. The number of hydrogen-bond donors (Lipinski definition) is 2. The number of rotatable bonds is 5. The predicted octanol–water partition coefficient (Wildman–Crippen LogP) is 2.78. The molecule has 2 rings (SSSR count). The number of nitrogens with one attached hydrogen (secondary N) is 1. The normalized spacial score (nSPS) is 11.8. The molecule has 0 bridgehead atoms. The Morgan fingerprint density at radius 3 is 2.67 bits per heavy atom. The van der Waals surface area contributed by atoms with E-state index in [4.69, 9.17) is 22.1 Å². The van der Waals surface area contributed by atoms with E-state index in [1.165, 1.54) is 7.11 Å². The van der Waals surface area contributed by atoms with Crippen LogP contribution in [0.25, 0.3) is 0 Å². The number of halogens is 1. The van der Waals surface area contributed by atoms with Crippen molar-refractivity contribution in [3.63, 3.8) is 0 Å².